The lowest BCUT2D eigenvalue weighted by Gasteiger charge is -2.20. The molecule has 2 aromatic carbocycles. The Morgan fingerprint density at radius 2 is 1.91 bits per heavy atom. The minimum absolute atomic E-state index is 0.0812. The average molecular weight is 484 g/mol. The Morgan fingerprint density at radius 3 is 2.52 bits per heavy atom. The molecule has 1 saturated carbocycles. The molecule has 3 aromatic rings. The number of urea groups is 1. The number of nitrogens with one attached hydrogen (secondary N) is 1. The van der Waals surface area contributed by atoms with Crippen molar-refractivity contribution in [2.24, 2.45) is 11.7 Å². The van der Waals surface area contributed by atoms with E-state index in [0.717, 1.165) is 18.0 Å². The van der Waals surface area contributed by atoms with Crippen LogP contribution in [0.25, 0.3) is 10.9 Å². The van der Waals surface area contributed by atoms with Gasteiger partial charge in [-0.15, -0.1) is 11.8 Å². The van der Waals surface area contributed by atoms with Crippen molar-refractivity contribution in [1.82, 2.24) is 9.88 Å². The summed E-state index contributed by atoms with van der Waals surface area (Å²) in [7, 11) is 0. The summed E-state index contributed by atoms with van der Waals surface area (Å²) in [6.45, 7) is 12.7. The number of hydrogen-bond donors (Lipinski definition) is 2. The lowest BCUT2D eigenvalue weighted by Crippen LogP contribution is -2.31. The van der Waals surface area contributed by atoms with Gasteiger partial charge in [-0.25, -0.2) is 4.79 Å². The normalized spacial score (nSPS) is 18.2. The first kappa shape index (κ1) is 24.0. The zero-order valence-corrected chi connectivity index (χ0v) is 21.7. The maximum Gasteiger partial charge on any atom is 0.312 e. The monoisotopic (exact) mass is 483 g/mol. The number of aromatic nitrogens is 1. The molecule has 0 bridgehead atoms. The van der Waals surface area contributed by atoms with Crippen LogP contribution in [-0.4, -0.2) is 21.9 Å². The highest BCUT2D eigenvalue weighted by atomic mass is 35.5. The standard InChI is InChI=1S/C27H34ClN3OS/c1-16(2)18-8-11-23-22(12-18)25(33-27(3,4)5)24(21-13-19(21)14-30-26(29)32)31(23)15-17-6-9-20(28)10-7-17/h6-12,16,19,21H,13-15H2,1-5H3,(H3,29,30,32). The van der Waals surface area contributed by atoms with Crippen LogP contribution in [0.1, 0.15) is 69.7 Å². The number of halogens is 1. The third-order valence-corrected chi connectivity index (χ3v) is 7.72. The van der Waals surface area contributed by atoms with Gasteiger partial charge in [-0.1, -0.05) is 64.4 Å². The summed E-state index contributed by atoms with van der Waals surface area (Å²) in [5.41, 5.74) is 10.6. The predicted octanol–water partition coefficient (Wildman–Crippen LogP) is 7.13. The number of primary amides is 1. The topological polar surface area (TPSA) is 60.0 Å². The van der Waals surface area contributed by atoms with Crippen LogP contribution < -0.4 is 11.1 Å². The molecule has 4 nitrogen and oxygen atoms in total. The summed E-state index contributed by atoms with van der Waals surface area (Å²) in [4.78, 5) is 12.7. The number of nitrogens with two attached hydrogens (primary N) is 1. The molecule has 3 N–H and O–H groups in total. The Balaban J connectivity index is 1.86. The second-order valence-electron chi connectivity index (χ2n) is 10.4. The molecule has 2 atom stereocenters. The van der Waals surface area contributed by atoms with Crippen LogP contribution in [0.4, 0.5) is 4.79 Å². The molecule has 1 aromatic heterocycles. The third-order valence-electron chi connectivity index (χ3n) is 6.22. The van der Waals surface area contributed by atoms with Gasteiger partial charge in [-0.2, -0.15) is 0 Å². The van der Waals surface area contributed by atoms with Crippen LogP contribution >= 0.6 is 23.4 Å². The highest BCUT2D eigenvalue weighted by Gasteiger charge is 2.43. The number of benzene rings is 2. The smallest absolute Gasteiger partial charge is 0.312 e. The van der Waals surface area contributed by atoms with E-state index in [-0.39, 0.29) is 4.75 Å². The van der Waals surface area contributed by atoms with E-state index in [1.54, 1.807) is 0 Å². The molecule has 1 aliphatic carbocycles. The van der Waals surface area contributed by atoms with Gasteiger partial charge in [0.15, 0.2) is 0 Å². The molecule has 176 valence electrons. The summed E-state index contributed by atoms with van der Waals surface area (Å²) < 4.78 is 2.57. The SMILES string of the molecule is CC(C)c1ccc2c(c1)c(SC(C)(C)C)c(C1CC1CNC(N)=O)n2Cc1ccc(Cl)cc1. The first-order valence-electron chi connectivity index (χ1n) is 11.7. The molecule has 1 aliphatic rings. The molecule has 0 aliphatic heterocycles. The van der Waals surface area contributed by atoms with Gasteiger partial charge in [0.1, 0.15) is 0 Å². The van der Waals surface area contributed by atoms with E-state index >= 15 is 0 Å². The van der Waals surface area contributed by atoms with Crippen molar-refractivity contribution in [2.75, 3.05) is 6.54 Å². The zero-order chi connectivity index (χ0) is 23.9. The molecule has 0 spiro atoms. The van der Waals surface area contributed by atoms with Crippen LogP contribution in [0.15, 0.2) is 47.4 Å². The Hall–Kier alpha value is -2.11. The molecule has 1 fully saturated rings. The molecule has 0 saturated heterocycles. The molecule has 6 heteroatoms. The Morgan fingerprint density at radius 1 is 1.21 bits per heavy atom. The fraction of sp³-hybridized carbons (Fsp3) is 0.444. The van der Waals surface area contributed by atoms with Crippen LogP contribution in [0, 0.1) is 5.92 Å². The summed E-state index contributed by atoms with van der Waals surface area (Å²) >= 11 is 8.10. The van der Waals surface area contributed by atoms with Crippen molar-refractivity contribution in [2.45, 2.75) is 69.1 Å². The fourth-order valence-electron chi connectivity index (χ4n) is 4.48. The van der Waals surface area contributed by atoms with Crippen molar-refractivity contribution in [3.63, 3.8) is 0 Å². The lowest BCUT2D eigenvalue weighted by atomic mass is 10.0. The van der Waals surface area contributed by atoms with Crippen molar-refractivity contribution in [1.29, 1.82) is 0 Å². The third kappa shape index (κ3) is 5.52. The minimum atomic E-state index is -0.451. The molecular formula is C27H34ClN3OS. The van der Waals surface area contributed by atoms with E-state index < -0.39 is 6.03 Å². The van der Waals surface area contributed by atoms with Gasteiger partial charge in [-0.3, -0.25) is 0 Å². The molecule has 2 amide bonds. The minimum Gasteiger partial charge on any atom is -0.352 e. The first-order valence-corrected chi connectivity index (χ1v) is 12.9. The van der Waals surface area contributed by atoms with Gasteiger partial charge >= 0.3 is 6.03 Å². The van der Waals surface area contributed by atoms with E-state index in [1.165, 1.54) is 32.6 Å². The zero-order valence-electron chi connectivity index (χ0n) is 20.1. The number of hydrogen-bond acceptors (Lipinski definition) is 2. The van der Waals surface area contributed by atoms with Crippen molar-refractivity contribution < 1.29 is 4.79 Å². The second-order valence-corrected chi connectivity index (χ2v) is 12.7. The maximum absolute atomic E-state index is 11.3. The lowest BCUT2D eigenvalue weighted by molar-refractivity contribution is 0.248. The van der Waals surface area contributed by atoms with Crippen molar-refractivity contribution >= 4 is 40.3 Å². The fourth-order valence-corrected chi connectivity index (χ4v) is 5.86. The number of rotatable bonds is 7. The van der Waals surface area contributed by atoms with E-state index in [1.807, 2.05) is 23.9 Å². The van der Waals surface area contributed by atoms with E-state index in [0.29, 0.717) is 24.3 Å². The Kier molecular flexibility index (Phi) is 6.75. The van der Waals surface area contributed by atoms with Crippen LogP contribution in [0.3, 0.4) is 0 Å². The molecule has 0 radical (unpaired) electrons. The Labute approximate surface area is 206 Å². The van der Waals surface area contributed by atoms with Gasteiger partial charge in [0, 0.05) is 50.3 Å². The number of fused-ring (bicyclic) bond motifs is 1. The van der Waals surface area contributed by atoms with E-state index in [4.69, 9.17) is 17.3 Å². The Bertz CT molecular complexity index is 1160. The predicted molar refractivity (Wildman–Crippen MR) is 141 cm³/mol. The van der Waals surface area contributed by atoms with Crippen LogP contribution in [0.2, 0.25) is 5.02 Å². The van der Waals surface area contributed by atoms with Gasteiger partial charge in [0.2, 0.25) is 0 Å². The van der Waals surface area contributed by atoms with Gasteiger partial charge in [0.25, 0.3) is 0 Å². The van der Waals surface area contributed by atoms with E-state index in [9.17, 15) is 4.79 Å². The molecule has 2 unspecified atom stereocenters. The van der Waals surface area contributed by atoms with Gasteiger partial charge < -0.3 is 15.6 Å². The highest BCUT2D eigenvalue weighted by Crippen LogP contribution is 2.54. The molecular weight excluding hydrogens is 450 g/mol. The quantitative estimate of drug-likeness (QED) is 0.351. The largest absolute Gasteiger partial charge is 0.352 e. The first-order chi connectivity index (χ1) is 15.5. The average Bonchev–Trinajstić information content (AvgIpc) is 3.44. The summed E-state index contributed by atoms with van der Waals surface area (Å²) in [5, 5.41) is 4.90. The number of nitrogens with zero attached hydrogens (tertiary/aromatic N) is 1. The number of carbonyl (C=O) groups is 1. The van der Waals surface area contributed by atoms with Gasteiger partial charge in [0.05, 0.1) is 0 Å². The molecule has 1 heterocycles. The van der Waals surface area contributed by atoms with Crippen molar-refractivity contribution in [3.05, 3.63) is 64.3 Å². The van der Waals surface area contributed by atoms with Gasteiger partial charge in [-0.05, 0) is 53.6 Å². The second kappa shape index (κ2) is 9.27. The summed E-state index contributed by atoms with van der Waals surface area (Å²) in [6, 6.07) is 14.6. The molecule has 33 heavy (non-hydrogen) atoms. The maximum atomic E-state index is 11.3. The number of carbonyl (C=O) groups excluding carboxylic acids is 1. The van der Waals surface area contributed by atoms with Crippen LogP contribution in [-0.2, 0) is 6.54 Å². The molecule has 4 rings (SSSR count). The van der Waals surface area contributed by atoms with E-state index in [2.05, 4.69) is 74.8 Å². The number of amides is 2. The summed E-state index contributed by atoms with van der Waals surface area (Å²) in [5.74, 6) is 1.29. The van der Waals surface area contributed by atoms with Crippen LogP contribution in [0.5, 0.6) is 0 Å². The van der Waals surface area contributed by atoms with Crippen molar-refractivity contribution in [3.8, 4) is 0 Å². The number of thioether (sulfide) groups is 1. The summed E-state index contributed by atoms with van der Waals surface area (Å²) in [6.07, 6.45) is 1.06. The highest BCUT2D eigenvalue weighted by molar-refractivity contribution is 8.00.